The van der Waals surface area contributed by atoms with Crippen LogP contribution < -0.4 is 5.32 Å². The molecule has 1 aliphatic carbocycles. The lowest BCUT2D eigenvalue weighted by Gasteiger charge is -2.30. The zero-order valence-corrected chi connectivity index (χ0v) is 11.4. The van der Waals surface area contributed by atoms with E-state index in [1.807, 2.05) is 20.8 Å². The standard InChI is InChI=1S/C14H23NO3/c1-14(2,3)11(9-13(17)18)15-12(16)8-10-6-4-5-7-10/h4,6,10-11H,5,7-9H2,1-3H3,(H,15,16)(H,17,18). The number of allylic oxidation sites excluding steroid dienone is 2. The minimum Gasteiger partial charge on any atom is -0.481 e. The Labute approximate surface area is 108 Å². The first-order valence-electron chi connectivity index (χ1n) is 6.47. The highest BCUT2D eigenvalue weighted by Crippen LogP contribution is 2.24. The van der Waals surface area contributed by atoms with Crippen LogP contribution in [0.4, 0.5) is 0 Å². The lowest BCUT2D eigenvalue weighted by Crippen LogP contribution is -2.45. The van der Waals surface area contributed by atoms with Gasteiger partial charge in [0.25, 0.3) is 0 Å². The van der Waals surface area contributed by atoms with Crippen LogP contribution in [0.15, 0.2) is 12.2 Å². The van der Waals surface area contributed by atoms with Gasteiger partial charge in [-0.15, -0.1) is 0 Å². The highest BCUT2D eigenvalue weighted by Gasteiger charge is 2.28. The molecule has 2 unspecified atom stereocenters. The molecule has 0 bridgehead atoms. The summed E-state index contributed by atoms with van der Waals surface area (Å²) in [5.74, 6) is -0.612. The van der Waals surface area contributed by atoms with Gasteiger partial charge in [0.05, 0.1) is 6.42 Å². The number of carboxylic acids is 1. The summed E-state index contributed by atoms with van der Waals surface area (Å²) in [6, 6.07) is -0.326. The average Bonchev–Trinajstić information content (AvgIpc) is 2.67. The van der Waals surface area contributed by atoms with Gasteiger partial charge >= 0.3 is 5.97 Å². The number of carbonyl (C=O) groups excluding carboxylic acids is 1. The molecule has 1 amide bonds. The molecule has 4 heteroatoms. The van der Waals surface area contributed by atoms with Crippen molar-refractivity contribution in [1.29, 1.82) is 0 Å². The third-order valence-corrected chi connectivity index (χ3v) is 3.32. The molecule has 0 aromatic rings. The van der Waals surface area contributed by atoms with Gasteiger partial charge in [0, 0.05) is 12.5 Å². The van der Waals surface area contributed by atoms with Crippen molar-refractivity contribution in [3.63, 3.8) is 0 Å². The Morgan fingerprint density at radius 3 is 2.56 bits per heavy atom. The Balaban J connectivity index is 2.51. The summed E-state index contributed by atoms with van der Waals surface area (Å²) >= 11 is 0. The van der Waals surface area contributed by atoms with E-state index in [0.29, 0.717) is 12.3 Å². The monoisotopic (exact) mass is 253 g/mol. The first kappa shape index (κ1) is 14.7. The molecular formula is C14H23NO3. The van der Waals surface area contributed by atoms with Gasteiger partial charge < -0.3 is 10.4 Å². The van der Waals surface area contributed by atoms with E-state index < -0.39 is 5.97 Å². The minimum absolute atomic E-state index is 0.0320. The second-order valence-corrected chi connectivity index (χ2v) is 6.05. The molecule has 0 radical (unpaired) electrons. The quantitative estimate of drug-likeness (QED) is 0.739. The molecule has 4 nitrogen and oxygen atoms in total. The molecule has 2 atom stereocenters. The molecule has 0 saturated heterocycles. The number of hydrogen-bond acceptors (Lipinski definition) is 2. The minimum atomic E-state index is -0.879. The molecular weight excluding hydrogens is 230 g/mol. The number of amides is 1. The van der Waals surface area contributed by atoms with Crippen molar-refractivity contribution in [2.45, 2.75) is 52.5 Å². The third-order valence-electron chi connectivity index (χ3n) is 3.32. The van der Waals surface area contributed by atoms with Gasteiger partial charge in [0.15, 0.2) is 0 Å². The fourth-order valence-electron chi connectivity index (χ4n) is 2.11. The molecule has 0 aliphatic heterocycles. The van der Waals surface area contributed by atoms with Crippen LogP contribution in [0.1, 0.15) is 46.5 Å². The van der Waals surface area contributed by atoms with Crippen LogP contribution in [0, 0.1) is 11.3 Å². The van der Waals surface area contributed by atoms with Gasteiger partial charge in [-0.25, -0.2) is 0 Å². The van der Waals surface area contributed by atoms with Crippen LogP contribution in [0.2, 0.25) is 0 Å². The van der Waals surface area contributed by atoms with Crippen molar-refractivity contribution >= 4 is 11.9 Å². The van der Waals surface area contributed by atoms with Crippen LogP contribution in [0.3, 0.4) is 0 Å². The van der Waals surface area contributed by atoms with Crippen LogP contribution in [0.25, 0.3) is 0 Å². The summed E-state index contributed by atoms with van der Waals surface area (Å²) in [7, 11) is 0. The highest BCUT2D eigenvalue weighted by atomic mass is 16.4. The lowest BCUT2D eigenvalue weighted by atomic mass is 9.84. The average molecular weight is 253 g/mol. The number of carbonyl (C=O) groups is 2. The summed E-state index contributed by atoms with van der Waals surface area (Å²) in [5, 5.41) is 11.7. The molecule has 1 aliphatic rings. The van der Waals surface area contributed by atoms with Gasteiger partial charge in [0.1, 0.15) is 0 Å². The van der Waals surface area contributed by atoms with Crippen molar-refractivity contribution in [2.75, 3.05) is 0 Å². The maximum absolute atomic E-state index is 11.9. The normalized spacial score (nSPS) is 20.7. The fraction of sp³-hybridized carbons (Fsp3) is 0.714. The number of nitrogens with one attached hydrogen (secondary N) is 1. The van der Waals surface area contributed by atoms with Gasteiger partial charge in [-0.2, -0.15) is 0 Å². The van der Waals surface area contributed by atoms with Crippen molar-refractivity contribution < 1.29 is 14.7 Å². The van der Waals surface area contributed by atoms with E-state index in [1.165, 1.54) is 0 Å². The van der Waals surface area contributed by atoms with Crippen molar-refractivity contribution in [3.05, 3.63) is 12.2 Å². The molecule has 0 saturated carbocycles. The summed E-state index contributed by atoms with van der Waals surface area (Å²) < 4.78 is 0. The largest absolute Gasteiger partial charge is 0.481 e. The molecule has 2 N–H and O–H groups in total. The zero-order chi connectivity index (χ0) is 13.8. The number of aliphatic carboxylic acids is 1. The van der Waals surface area contributed by atoms with E-state index in [1.54, 1.807) is 0 Å². The maximum Gasteiger partial charge on any atom is 0.305 e. The smallest absolute Gasteiger partial charge is 0.305 e. The van der Waals surface area contributed by atoms with Crippen LogP contribution in [0.5, 0.6) is 0 Å². The van der Waals surface area contributed by atoms with E-state index in [4.69, 9.17) is 5.11 Å². The Hall–Kier alpha value is -1.32. The van der Waals surface area contributed by atoms with Crippen LogP contribution in [-0.2, 0) is 9.59 Å². The molecule has 18 heavy (non-hydrogen) atoms. The maximum atomic E-state index is 11.9. The van der Waals surface area contributed by atoms with E-state index in [2.05, 4.69) is 17.5 Å². The zero-order valence-electron chi connectivity index (χ0n) is 11.4. The lowest BCUT2D eigenvalue weighted by molar-refractivity contribution is -0.138. The molecule has 0 aromatic carbocycles. The van der Waals surface area contributed by atoms with Crippen molar-refractivity contribution in [2.24, 2.45) is 11.3 Å². The second-order valence-electron chi connectivity index (χ2n) is 6.05. The SMILES string of the molecule is CC(C)(C)C(CC(=O)O)NC(=O)CC1C=CCC1. The predicted molar refractivity (Wildman–Crippen MR) is 70.1 cm³/mol. The molecule has 102 valence electrons. The molecule has 0 heterocycles. The summed E-state index contributed by atoms with van der Waals surface area (Å²) in [6.45, 7) is 5.82. The second kappa shape index (κ2) is 6.03. The Bertz CT molecular complexity index is 341. The molecule has 0 spiro atoms. The first-order chi connectivity index (χ1) is 8.29. The number of hydrogen-bond donors (Lipinski definition) is 2. The predicted octanol–water partition coefficient (Wildman–Crippen LogP) is 2.35. The molecule has 0 fully saturated rings. The molecule has 0 aromatic heterocycles. The van der Waals surface area contributed by atoms with Gasteiger partial charge in [-0.3, -0.25) is 9.59 Å². The summed E-state index contributed by atoms with van der Waals surface area (Å²) in [5.41, 5.74) is -0.250. The summed E-state index contributed by atoms with van der Waals surface area (Å²) in [6.07, 6.45) is 6.65. The third kappa shape index (κ3) is 4.90. The molecule has 1 rings (SSSR count). The fourth-order valence-corrected chi connectivity index (χ4v) is 2.11. The van der Waals surface area contributed by atoms with Crippen molar-refractivity contribution in [1.82, 2.24) is 5.32 Å². The van der Waals surface area contributed by atoms with Crippen molar-refractivity contribution in [3.8, 4) is 0 Å². The Morgan fingerprint density at radius 2 is 2.11 bits per heavy atom. The van der Waals surface area contributed by atoms with E-state index in [9.17, 15) is 9.59 Å². The van der Waals surface area contributed by atoms with Gasteiger partial charge in [-0.1, -0.05) is 32.9 Å². The highest BCUT2D eigenvalue weighted by molar-refractivity contribution is 5.78. The van der Waals surface area contributed by atoms with Crippen LogP contribution >= 0.6 is 0 Å². The van der Waals surface area contributed by atoms with Gasteiger partial charge in [0.2, 0.25) is 5.91 Å². The Morgan fingerprint density at radius 1 is 1.44 bits per heavy atom. The van der Waals surface area contributed by atoms with Gasteiger partial charge in [-0.05, 0) is 24.2 Å². The number of rotatable bonds is 5. The Kier molecular flexibility index (Phi) is 4.93. The van der Waals surface area contributed by atoms with E-state index in [-0.39, 0.29) is 23.8 Å². The van der Waals surface area contributed by atoms with E-state index >= 15 is 0 Å². The first-order valence-corrected chi connectivity index (χ1v) is 6.47. The van der Waals surface area contributed by atoms with E-state index in [0.717, 1.165) is 12.8 Å². The number of carboxylic acid groups (broad SMARTS) is 1. The summed E-state index contributed by atoms with van der Waals surface area (Å²) in [4.78, 5) is 22.7. The van der Waals surface area contributed by atoms with Crippen LogP contribution in [-0.4, -0.2) is 23.0 Å². The topological polar surface area (TPSA) is 66.4 Å².